The van der Waals surface area contributed by atoms with E-state index in [0.29, 0.717) is 17.1 Å². The molecule has 0 aliphatic heterocycles. The van der Waals surface area contributed by atoms with Gasteiger partial charge >= 0.3 is 0 Å². The molecule has 1 N–H and O–H groups in total. The lowest BCUT2D eigenvalue weighted by molar-refractivity contribution is 0.665. The van der Waals surface area contributed by atoms with Crippen molar-refractivity contribution in [1.29, 1.82) is 0 Å². The highest BCUT2D eigenvalue weighted by atomic mass is 32.2. The fourth-order valence-electron chi connectivity index (χ4n) is 0.0742. The topological polar surface area (TPSA) is 37.3 Å². The molecule has 0 aliphatic rings. The van der Waals surface area contributed by atoms with Gasteiger partial charge in [0, 0.05) is 29.1 Å². The zero-order valence-corrected chi connectivity index (χ0v) is 5.01. The summed E-state index contributed by atoms with van der Waals surface area (Å²) >= 11 is 0.610. The van der Waals surface area contributed by atoms with E-state index in [9.17, 15) is 4.21 Å². The molecule has 0 spiro atoms. The quantitative estimate of drug-likeness (QED) is 0.548. The predicted molar refractivity (Wildman–Crippen MR) is 29.2 cm³/mol. The molecule has 0 aromatic carbocycles. The Balaban J connectivity index is 2.83. The predicted octanol–water partition coefficient (Wildman–Crippen LogP) is 0.529. The zero-order chi connectivity index (χ0) is 4.99. The van der Waals surface area contributed by atoms with Crippen molar-refractivity contribution in [2.75, 3.05) is 11.3 Å². The highest BCUT2D eigenvalue weighted by Crippen LogP contribution is 1.90. The minimum atomic E-state index is -0.853. The SMILES string of the molecule is CS(=O)CSO. The molecule has 0 aromatic rings. The van der Waals surface area contributed by atoms with Crippen molar-refractivity contribution in [3.63, 3.8) is 0 Å². The summed E-state index contributed by atoms with van der Waals surface area (Å²) in [5.74, 6) is 0. The fourth-order valence-corrected chi connectivity index (χ4v) is 0.668. The molecule has 1 unspecified atom stereocenters. The van der Waals surface area contributed by atoms with Crippen LogP contribution in [0.2, 0.25) is 0 Å². The van der Waals surface area contributed by atoms with Gasteiger partial charge in [0.25, 0.3) is 0 Å². The highest BCUT2D eigenvalue weighted by Gasteiger charge is 1.83. The molecule has 0 saturated heterocycles. The van der Waals surface area contributed by atoms with Gasteiger partial charge in [0.15, 0.2) is 0 Å². The molecule has 0 fully saturated rings. The summed E-state index contributed by atoms with van der Waals surface area (Å²) < 4.78 is 17.9. The van der Waals surface area contributed by atoms with E-state index in [0.717, 1.165) is 0 Å². The normalized spacial score (nSPS) is 14.3. The maximum absolute atomic E-state index is 9.97. The zero-order valence-electron chi connectivity index (χ0n) is 3.38. The van der Waals surface area contributed by atoms with Crippen LogP contribution in [-0.4, -0.2) is 20.1 Å². The van der Waals surface area contributed by atoms with Gasteiger partial charge in [-0.05, 0) is 0 Å². The van der Waals surface area contributed by atoms with Crippen LogP contribution in [0.25, 0.3) is 0 Å². The highest BCUT2D eigenvalue weighted by molar-refractivity contribution is 8.06. The van der Waals surface area contributed by atoms with E-state index in [4.69, 9.17) is 4.55 Å². The van der Waals surface area contributed by atoms with Gasteiger partial charge in [-0.3, -0.25) is 4.21 Å². The van der Waals surface area contributed by atoms with Gasteiger partial charge < -0.3 is 4.55 Å². The standard InChI is InChI=1S/C2H6O2S2/c1-6(4)2-5-3/h3H,2H2,1H3. The number of hydrogen-bond acceptors (Lipinski definition) is 3. The summed E-state index contributed by atoms with van der Waals surface area (Å²) in [5.41, 5.74) is 0. The molecule has 0 radical (unpaired) electrons. The Kier molecular flexibility index (Phi) is 3.92. The summed E-state index contributed by atoms with van der Waals surface area (Å²) in [4.78, 5) is 0. The third-order valence-electron chi connectivity index (χ3n) is 0.219. The first-order valence-electron chi connectivity index (χ1n) is 1.33. The van der Waals surface area contributed by atoms with E-state index in [1.54, 1.807) is 6.26 Å². The number of hydrogen-bond donors (Lipinski definition) is 1. The van der Waals surface area contributed by atoms with Crippen molar-refractivity contribution < 1.29 is 8.76 Å². The van der Waals surface area contributed by atoms with Crippen LogP contribution in [0.4, 0.5) is 0 Å². The minimum absolute atomic E-state index is 0.319. The van der Waals surface area contributed by atoms with Crippen LogP contribution in [0.5, 0.6) is 0 Å². The van der Waals surface area contributed by atoms with Crippen molar-refractivity contribution in [1.82, 2.24) is 0 Å². The fraction of sp³-hybridized carbons (Fsp3) is 1.00. The molecule has 0 aliphatic carbocycles. The third-order valence-corrected chi connectivity index (χ3v) is 1.97. The maximum atomic E-state index is 9.97. The summed E-state index contributed by atoms with van der Waals surface area (Å²) in [6.07, 6.45) is 1.54. The molecule has 0 rings (SSSR count). The monoisotopic (exact) mass is 126 g/mol. The maximum Gasteiger partial charge on any atom is 0.0949 e. The Morgan fingerprint density at radius 1 is 2.00 bits per heavy atom. The van der Waals surface area contributed by atoms with Crippen LogP contribution in [0.3, 0.4) is 0 Å². The van der Waals surface area contributed by atoms with E-state index in [1.165, 1.54) is 0 Å². The lowest BCUT2D eigenvalue weighted by Crippen LogP contribution is -1.85. The van der Waals surface area contributed by atoms with Crippen LogP contribution in [0.15, 0.2) is 0 Å². The largest absolute Gasteiger partial charge is 0.329 e. The number of rotatable bonds is 2. The van der Waals surface area contributed by atoms with E-state index >= 15 is 0 Å². The Bertz CT molecular complexity index is 53.5. The summed E-state index contributed by atoms with van der Waals surface area (Å²) in [6.45, 7) is 0. The first-order valence-corrected chi connectivity index (χ1v) is 4.00. The first-order chi connectivity index (χ1) is 2.77. The molecule has 6 heavy (non-hydrogen) atoms. The second-order valence-corrected chi connectivity index (χ2v) is 3.17. The molecule has 2 nitrogen and oxygen atoms in total. The molecule has 4 heteroatoms. The molecular weight excluding hydrogens is 120 g/mol. The van der Waals surface area contributed by atoms with E-state index in [-0.39, 0.29) is 0 Å². The van der Waals surface area contributed by atoms with Gasteiger partial charge in [0.05, 0.1) is 5.08 Å². The van der Waals surface area contributed by atoms with Gasteiger partial charge in [0.2, 0.25) is 0 Å². The van der Waals surface area contributed by atoms with Crippen molar-refractivity contribution >= 4 is 22.8 Å². The average Bonchev–Trinajstić information content (AvgIpc) is 1.35. The first kappa shape index (κ1) is 6.46. The Labute approximate surface area is 43.6 Å². The van der Waals surface area contributed by atoms with Gasteiger partial charge in [0.1, 0.15) is 0 Å². The van der Waals surface area contributed by atoms with Crippen molar-refractivity contribution in [2.45, 2.75) is 0 Å². The van der Waals surface area contributed by atoms with Crippen molar-refractivity contribution in [2.24, 2.45) is 0 Å². The van der Waals surface area contributed by atoms with Gasteiger partial charge in [-0.2, -0.15) is 0 Å². The average molecular weight is 126 g/mol. The summed E-state index contributed by atoms with van der Waals surface area (Å²) in [7, 11) is -0.853. The Hall–Kier alpha value is 0.460. The molecule has 1 atom stereocenters. The molecule has 0 heterocycles. The third kappa shape index (κ3) is 4.46. The molecule has 0 saturated carbocycles. The summed E-state index contributed by atoms with van der Waals surface area (Å²) in [6, 6.07) is 0. The van der Waals surface area contributed by atoms with E-state index < -0.39 is 10.8 Å². The molecule has 38 valence electrons. The van der Waals surface area contributed by atoms with Crippen LogP contribution < -0.4 is 0 Å². The van der Waals surface area contributed by atoms with Gasteiger partial charge in [-0.25, -0.2) is 0 Å². The Morgan fingerprint density at radius 2 is 2.50 bits per heavy atom. The van der Waals surface area contributed by atoms with E-state index in [1.807, 2.05) is 0 Å². The van der Waals surface area contributed by atoms with Gasteiger partial charge in [-0.15, -0.1) is 0 Å². The van der Waals surface area contributed by atoms with Gasteiger partial charge in [-0.1, -0.05) is 0 Å². The molecule has 0 amide bonds. The lowest BCUT2D eigenvalue weighted by atomic mass is 11.9. The lowest BCUT2D eigenvalue weighted by Gasteiger charge is -1.81. The second kappa shape index (κ2) is 3.64. The Morgan fingerprint density at radius 3 is 2.50 bits per heavy atom. The van der Waals surface area contributed by atoms with Crippen LogP contribution in [0, 0.1) is 0 Å². The summed E-state index contributed by atoms with van der Waals surface area (Å²) in [5, 5.41) is 0.319. The molecular formula is C2H6O2S2. The smallest absolute Gasteiger partial charge is 0.0949 e. The minimum Gasteiger partial charge on any atom is -0.329 e. The molecule has 0 bridgehead atoms. The second-order valence-electron chi connectivity index (χ2n) is 0.820. The van der Waals surface area contributed by atoms with Crippen molar-refractivity contribution in [3.8, 4) is 0 Å². The van der Waals surface area contributed by atoms with Crippen LogP contribution >= 0.6 is 12.0 Å². The van der Waals surface area contributed by atoms with Crippen LogP contribution in [-0.2, 0) is 10.8 Å². The van der Waals surface area contributed by atoms with E-state index in [2.05, 4.69) is 0 Å². The molecule has 0 aromatic heterocycles. The van der Waals surface area contributed by atoms with Crippen LogP contribution in [0.1, 0.15) is 0 Å². The van der Waals surface area contributed by atoms with Crippen molar-refractivity contribution in [3.05, 3.63) is 0 Å².